The molecule has 0 spiro atoms. The Bertz CT molecular complexity index is 641. The summed E-state index contributed by atoms with van der Waals surface area (Å²) in [4.78, 5) is 27.8. The molecule has 3 rings (SSSR count). The number of imide groups is 1. The van der Waals surface area contributed by atoms with Crippen LogP contribution < -0.4 is 10.6 Å². The van der Waals surface area contributed by atoms with Crippen molar-refractivity contribution in [1.29, 1.82) is 0 Å². The number of benzene rings is 1. The molecule has 5 nitrogen and oxygen atoms in total. The fourth-order valence-electron chi connectivity index (χ4n) is 2.15. The number of carbonyl (C=O) groups is 2. The van der Waals surface area contributed by atoms with Gasteiger partial charge in [0.1, 0.15) is 0 Å². The van der Waals surface area contributed by atoms with Gasteiger partial charge in [0.25, 0.3) is 11.8 Å². The van der Waals surface area contributed by atoms with Crippen molar-refractivity contribution >= 4 is 34.4 Å². The molecule has 2 aliphatic heterocycles. The Balaban J connectivity index is 1.84. The first-order chi connectivity index (χ1) is 9.50. The molecule has 0 aromatic heterocycles. The van der Waals surface area contributed by atoms with Crippen molar-refractivity contribution in [2.45, 2.75) is 25.8 Å². The number of hydrogen-bond donors (Lipinski definition) is 2. The minimum atomic E-state index is -0.340. The number of aliphatic imine (C=N–C) groups is 1. The van der Waals surface area contributed by atoms with Crippen LogP contribution in [0.25, 0.3) is 0 Å². The number of fused-ring (bicyclic) bond motifs is 1. The Labute approximate surface area is 121 Å². The highest BCUT2D eigenvalue weighted by atomic mass is 32.2. The summed E-state index contributed by atoms with van der Waals surface area (Å²) in [6.45, 7) is 4.25. The van der Waals surface area contributed by atoms with E-state index >= 15 is 0 Å². The Kier molecular flexibility index (Phi) is 3.05. The van der Waals surface area contributed by atoms with Gasteiger partial charge in [-0.05, 0) is 31.5 Å². The smallest absolute Gasteiger partial charge is 0.259 e. The molecule has 2 aliphatic rings. The van der Waals surface area contributed by atoms with E-state index in [-0.39, 0.29) is 17.4 Å². The zero-order valence-corrected chi connectivity index (χ0v) is 12.1. The molecule has 2 amide bonds. The van der Waals surface area contributed by atoms with Crippen molar-refractivity contribution < 1.29 is 9.59 Å². The first kappa shape index (κ1) is 13.2. The van der Waals surface area contributed by atoms with Gasteiger partial charge in [-0.3, -0.25) is 19.9 Å². The Hall–Kier alpha value is -1.82. The van der Waals surface area contributed by atoms with E-state index in [0.717, 1.165) is 23.0 Å². The third-order valence-corrected chi connectivity index (χ3v) is 4.87. The molecule has 1 aromatic rings. The number of nitrogens with zero attached hydrogens (tertiary/aromatic N) is 1. The van der Waals surface area contributed by atoms with E-state index in [1.54, 1.807) is 30.0 Å². The van der Waals surface area contributed by atoms with Gasteiger partial charge in [0, 0.05) is 11.4 Å². The maximum atomic E-state index is 11.6. The maximum absolute atomic E-state index is 11.6. The van der Waals surface area contributed by atoms with Crippen molar-refractivity contribution in [3.63, 3.8) is 0 Å². The summed E-state index contributed by atoms with van der Waals surface area (Å²) in [5.74, 6) is 0.284. The van der Waals surface area contributed by atoms with E-state index in [1.165, 1.54) is 0 Å². The van der Waals surface area contributed by atoms with Crippen molar-refractivity contribution in [3.05, 3.63) is 29.3 Å². The van der Waals surface area contributed by atoms with E-state index in [9.17, 15) is 9.59 Å². The standard InChI is InChI=1S/C14H15N3O2S/c1-3-14(2)7-20-13(17-14)15-8-4-5-9-10(6-8)12(19)16-11(9)18/h4-6H,3,7H2,1-2H3,(H,15,17)(H,16,18,19). The van der Waals surface area contributed by atoms with Crippen LogP contribution in [-0.4, -0.2) is 28.3 Å². The number of amides is 2. The highest BCUT2D eigenvalue weighted by molar-refractivity contribution is 8.14. The van der Waals surface area contributed by atoms with Crippen molar-refractivity contribution in [2.75, 3.05) is 11.1 Å². The zero-order valence-electron chi connectivity index (χ0n) is 11.3. The Morgan fingerprint density at radius 1 is 1.35 bits per heavy atom. The molecule has 1 unspecified atom stereocenters. The van der Waals surface area contributed by atoms with Crippen LogP contribution in [0.15, 0.2) is 23.2 Å². The molecule has 2 N–H and O–H groups in total. The Morgan fingerprint density at radius 3 is 2.80 bits per heavy atom. The van der Waals surface area contributed by atoms with E-state index in [4.69, 9.17) is 0 Å². The lowest BCUT2D eigenvalue weighted by Crippen LogP contribution is -2.20. The average Bonchev–Trinajstić information content (AvgIpc) is 2.93. The molecule has 2 heterocycles. The molecule has 0 saturated carbocycles. The summed E-state index contributed by atoms with van der Waals surface area (Å²) in [7, 11) is 0. The highest BCUT2D eigenvalue weighted by Crippen LogP contribution is 2.31. The molecule has 0 saturated heterocycles. The predicted octanol–water partition coefficient (Wildman–Crippen LogP) is 2.25. The van der Waals surface area contributed by atoms with Crippen molar-refractivity contribution in [1.82, 2.24) is 5.32 Å². The fourth-order valence-corrected chi connectivity index (χ4v) is 3.34. The van der Waals surface area contributed by atoms with Crippen LogP contribution in [-0.2, 0) is 0 Å². The summed E-state index contributed by atoms with van der Waals surface area (Å²) in [5.41, 5.74) is 1.61. The summed E-state index contributed by atoms with van der Waals surface area (Å²) in [5, 5.41) is 6.36. The van der Waals surface area contributed by atoms with E-state index in [2.05, 4.69) is 29.5 Å². The fraction of sp³-hybridized carbons (Fsp3) is 0.357. The number of nitrogens with one attached hydrogen (secondary N) is 2. The van der Waals surface area contributed by atoms with Crippen LogP contribution in [0.2, 0.25) is 0 Å². The van der Waals surface area contributed by atoms with Crippen LogP contribution in [0.1, 0.15) is 41.0 Å². The number of thioether (sulfide) groups is 1. The third kappa shape index (κ3) is 2.20. The molecule has 1 atom stereocenters. The number of anilines is 1. The summed E-state index contributed by atoms with van der Waals surface area (Å²) in [6.07, 6.45) is 0.992. The predicted molar refractivity (Wildman–Crippen MR) is 80.5 cm³/mol. The molecule has 0 aliphatic carbocycles. The van der Waals surface area contributed by atoms with Crippen LogP contribution in [0.4, 0.5) is 5.69 Å². The van der Waals surface area contributed by atoms with Gasteiger partial charge >= 0.3 is 0 Å². The van der Waals surface area contributed by atoms with Gasteiger partial charge in [-0.15, -0.1) is 0 Å². The summed E-state index contributed by atoms with van der Waals surface area (Å²) < 4.78 is 0. The quantitative estimate of drug-likeness (QED) is 0.819. The molecular formula is C14H15N3O2S. The molecule has 0 bridgehead atoms. The van der Waals surface area contributed by atoms with Gasteiger partial charge in [-0.2, -0.15) is 0 Å². The van der Waals surface area contributed by atoms with Crippen molar-refractivity contribution in [2.24, 2.45) is 4.99 Å². The van der Waals surface area contributed by atoms with Crippen LogP contribution in [0, 0.1) is 0 Å². The molecular weight excluding hydrogens is 274 g/mol. The first-order valence-electron chi connectivity index (χ1n) is 6.50. The normalized spacial score (nSPS) is 24.4. The number of carbonyl (C=O) groups excluding carboxylic acids is 2. The molecule has 0 fully saturated rings. The molecule has 0 radical (unpaired) electrons. The second kappa shape index (κ2) is 4.63. The third-order valence-electron chi connectivity index (χ3n) is 3.64. The van der Waals surface area contributed by atoms with Gasteiger partial charge in [0.2, 0.25) is 0 Å². The second-order valence-electron chi connectivity index (χ2n) is 5.22. The Morgan fingerprint density at radius 2 is 2.10 bits per heavy atom. The molecule has 20 heavy (non-hydrogen) atoms. The molecule has 1 aromatic carbocycles. The van der Waals surface area contributed by atoms with E-state index in [0.29, 0.717) is 11.1 Å². The SMILES string of the molecule is CCC1(C)CSC(Nc2ccc3c(c2)C(=O)NC3=O)=N1. The minimum Gasteiger partial charge on any atom is -0.335 e. The van der Waals surface area contributed by atoms with Gasteiger partial charge in [-0.25, -0.2) is 0 Å². The van der Waals surface area contributed by atoms with E-state index < -0.39 is 0 Å². The lowest BCUT2D eigenvalue weighted by molar-refractivity contribution is 0.0879. The average molecular weight is 289 g/mol. The lowest BCUT2D eigenvalue weighted by Gasteiger charge is -2.15. The number of hydrogen-bond acceptors (Lipinski definition) is 5. The molecule has 6 heteroatoms. The van der Waals surface area contributed by atoms with Crippen LogP contribution in [0.3, 0.4) is 0 Å². The number of rotatable bonds is 2. The van der Waals surface area contributed by atoms with Gasteiger partial charge in [-0.1, -0.05) is 18.7 Å². The van der Waals surface area contributed by atoms with Gasteiger partial charge < -0.3 is 5.32 Å². The second-order valence-corrected chi connectivity index (χ2v) is 6.19. The van der Waals surface area contributed by atoms with Crippen LogP contribution >= 0.6 is 11.8 Å². The van der Waals surface area contributed by atoms with Crippen molar-refractivity contribution in [3.8, 4) is 0 Å². The maximum Gasteiger partial charge on any atom is 0.259 e. The largest absolute Gasteiger partial charge is 0.335 e. The topological polar surface area (TPSA) is 70.6 Å². The summed E-state index contributed by atoms with van der Waals surface area (Å²) in [6, 6.07) is 5.15. The van der Waals surface area contributed by atoms with Gasteiger partial charge in [0.05, 0.1) is 16.7 Å². The first-order valence-corrected chi connectivity index (χ1v) is 7.49. The number of amidine groups is 1. The van der Waals surface area contributed by atoms with E-state index in [1.807, 2.05) is 0 Å². The zero-order chi connectivity index (χ0) is 14.3. The van der Waals surface area contributed by atoms with Crippen LogP contribution in [0.5, 0.6) is 0 Å². The monoisotopic (exact) mass is 289 g/mol. The minimum absolute atomic E-state index is 0.0168. The summed E-state index contributed by atoms with van der Waals surface area (Å²) >= 11 is 1.67. The highest BCUT2D eigenvalue weighted by Gasteiger charge is 2.30. The molecule has 104 valence electrons. The van der Waals surface area contributed by atoms with Gasteiger partial charge in [0.15, 0.2) is 5.17 Å². The lowest BCUT2D eigenvalue weighted by atomic mass is 10.0.